The number of nitrogens with zero attached hydrogens (tertiary/aromatic N) is 2. The molecule has 2 aliphatic rings. The first-order valence-electron chi connectivity index (χ1n) is 11.7. The molecule has 0 unspecified atom stereocenters. The van der Waals surface area contributed by atoms with Crippen LogP contribution in [0.3, 0.4) is 0 Å². The zero-order valence-corrected chi connectivity index (χ0v) is 20.0. The van der Waals surface area contributed by atoms with E-state index in [1.807, 2.05) is 0 Å². The maximum Gasteiger partial charge on any atom is 0.263 e. The van der Waals surface area contributed by atoms with Crippen molar-refractivity contribution in [1.82, 2.24) is 0 Å². The maximum atomic E-state index is 13.9. The smallest absolute Gasteiger partial charge is 0.263 e. The Morgan fingerprint density at radius 3 is 1.81 bits per heavy atom. The fraction of sp³-hybridized carbons (Fsp3) is 0.0323. The third-order valence-electron chi connectivity index (χ3n) is 6.28. The van der Waals surface area contributed by atoms with E-state index < -0.39 is 23.4 Å². The quantitative estimate of drug-likeness (QED) is 0.352. The first kappa shape index (κ1) is 23.6. The number of Topliss-reactive ketones (excluding diaryl/α,β-unsaturated/α-hetero) is 2. The van der Waals surface area contributed by atoms with Crippen LogP contribution in [0.4, 0.5) is 11.4 Å². The minimum atomic E-state index is -0.505. The molecule has 2 amide bonds. The highest BCUT2D eigenvalue weighted by Gasteiger charge is 2.46. The lowest BCUT2D eigenvalue weighted by Crippen LogP contribution is -2.37. The van der Waals surface area contributed by atoms with E-state index >= 15 is 0 Å². The van der Waals surface area contributed by atoms with Gasteiger partial charge in [-0.2, -0.15) is 0 Å². The summed E-state index contributed by atoms with van der Waals surface area (Å²) in [6, 6.07) is 21.9. The number of benzene rings is 3. The van der Waals surface area contributed by atoms with Crippen molar-refractivity contribution in [1.29, 1.82) is 0 Å². The van der Waals surface area contributed by atoms with Gasteiger partial charge in [0.1, 0.15) is 11.4 Å². The molecule has 3 aromatic rings. The predicted octanol–water partition coefficient (Wildman–Crippen LogP) is 5.66. The zero-order valence-electron chi connectivity index (χ0n) is 20.0. The third kappa shape index (κ3) is 3.76. The van der Waals surface area contributed by atoms with Gasteiger partial charge in [0.25, 0.3) is 11.8 Å². The molecule has 0 saturated carbocycles. The van der Waals surface area contributed by atoms with Gasteiger partial charge < -0.3 is 0 Å². The van der Waals surface area contributed by atoms with Crippen LogP contribution in [-0.2, 0) is 4.79 Å². The number of hydrogen-bond donors (Lipinski definition) is 0. The Balaban J connectivity index is 1.79. The Morgan fingerprint density at radius 1 is 0.730 bits per heavy atom. The predicted molar refractivity (Wildman–Crippen MR) is 142 cm³/mol. The number of amides is 2. The number of para-hydroxylation sites is 2. The van der Waals surface area contributed by atoms with Crippen molar-refractivity contribution in [3.63, 3.8) is 0 Å². The molecule has 0 fully saturated rings. The second-order valence-corrected chi connectivity index (χ2v) is 8.38. The third-order valence-corrected chi connectivity index (χ3v) is 6.28. The SMILES string of the molecule is C=C/C=C\C(=C/C)C(=O)N1/C(=C2\C(=O)c3ccccc3N2C(=O)c2ccccc2)C(=O)c2ccccc21. The summed E-state index contributed by atoms with van der Waals surface area (Å²) in [6.07, 6.45) is 6.36. The number of carbonyl (C=O) groups excluding carboxylic acids is 4. The molecule has 0 bridgehead atoms. The van der Waals surface area contributed by atoms with Crippen LogP contribution in [0.25, 0.3) is 0 Å². The summed E-state index contributed by atoms with van der Waals surface area (Å²) in [7, 11) is 0. The number of carbonyl (C=O) groups is 4. The van der Waals surface area contributed by atoms with Gasteiger partial charge in [-0.25, -0.2) is 0 Å². The second-order valence-electron chi connectivity index (χ2n) is 8.38. The van der Waals surface area contributed by atoms with Crippen molar-refractivity contribution in [2.75, 3.05) is 9.80 Å². The van der Waals surface area contributed by atoms with Gasteiger partial charge in [-0.15, -0.1) is 0 Å². The first-order valence-corrected chi connectivity index (χ1v) is 11.7. The lowest BCUT2D eigenvalue weighted by atomic mass is 10.1. The largest absolute Gasteiger partial charge is 0.287 e. The van der Waals surface area contributed by atoms with Gasteiger partial charge in [0.2, 0.25) is 11.6 Å². The van der Waals surface area contributed by atoms with E-state index in [9.17, 15) is 19.2 Å². The highest BCUT2D eigenvalue weighted by atomic mass is 16.2. The summed E-state index contributed by atoms with van der Waals surface area (Å²) in [5.41, 5.74) is 1.61. The summed E-state index contributed by atoms with van der Waals surface area (Å²) in [5, 5.41) is 0. The van der Waals surface area contributed by atoms with Crippen molar-refractivity contribution in [3.05, 3.63) is 143 Å². The highest BCUT2D eigenvalue weighted by Crippen LogP contribution is 2.43. The summed E-state index contributed by atoms with van der Waals surface area (Å²) in [6.45, 7) is 5.36. The Hall–Kier alpha value is -5.10. The lowest BCUT2D eigenvalue weighted by molar-refractivity contribution is -0.114. The minimum Gasteiger partial charge on any atom is -0.287 e. The second kappa shape index (κ2) is 9.51. The van der Waals surface area contributed by atoms with Gasteiger partial charge in [-0.3, -0.25) is 29.0 Å². The van der Waals surface area contributed by atoms with Crippen LogP contribution in [0.1, 0.15) is 38.0 Å². The standard InChI is InChI=1S/C31H22N2O4/c1-3-5-13-20(4-2)30(36)32-24-18-11-9-16-22(24)28(34)26(32)27-29(35)23-17-10-12-19-25(23)33(27)31(37)21-14-7-6-8-15-21/h3-19H,1H2,2H3/b13-5-,20-4+,27-26+. The Bertz CT molecular complexity index is 1580. The molecule has 0 radical (unpaired) electrons. The van der Waals surface area contributed by atoms with Gasteiger partial charge in [-0.05, 0) is 49.4 Å². The Labute approximate surface area is 214 Å². The average Bonchev–Trinajstić information content (AvgIpc) is 3.39. The molecular formula is C31H22N2O4. The van der Waals surface area contributed by atoms with Crippen LogP contribution in [0.15, 0.2) is 127 Å². The molecule has 0 spiro atoms. The van der Waals surface area contributed by atoms with E-state index in [0.29, 0.717) is 22.5 Å². The average molecular weight is 487 g/mol. The molecular weight excluding hydrogens is 464 g/mol. The molecule has 37 heavy (non-hydrogen) atoms. The molecule has 2 heterocycles. The number of rotatable bonds is 4. The zero-order chi connectivity index (χ0) is 26.1. The van der Waals surface area contributed by atoms with E-state index in [4.69, 9.17) is 0 Å². The molecule has 0 saturated heterocycles. The molecule has 5 rings (SSSR count). The van der Waals surface area contributed by atoms with Crippen molar-refractivity contribution in [2.24, 2.45) is 0 Å². The van der Waals surface area contributed by atoms with E-state index in [-0.39, 0.29) is 22.5 Å². The van der Waals surface area contributed by atoms with Crippen LogP contribution >= 0.6 is 0 Å². The van der Waals surface area contributed by atoms with E-state index in [0.717, 1.165) is 0 Å². The van der Waals surface area contributed by atoms with Crippen LogP contribution < -0.4 is 9.80 Å². The molecule has 180 valence electrons. The van der Waals surface area contributed by atoms with Crippen LogP contribution in [0.5, 0.6) is 0 Å². The maximum absolute atomic E-state index is 13.9. The first-order chi connectivity index (χ1) is 18.0. The monoisotopic (exact) mass is 486 g/mol. The Kier molecular flexibility index (Phi) is 6.07. The summed E-state index contributed by atoms with van der Waals surface area (Å²) >= 11 is 0. The number of allylic oxidation sites excluding steroid dienone is 5. The van der Waals surface area contributed by atoms with Gasteiger partial charge in [0, 0.05) is 22.3 Å². The number of fused-ring (bicyclic) bond motifs is 2. The molecule has 0 aromatic heterocycles. The number of hydrogen-bond acceptors (Lipinski definition) is 4. The van der Waals surface area contributed by atoms with Crippen molar-refractivity contribution in [2.45, 2.75) is 6.92 Å². The molecule has 6 heteroatoms. The Morgan fingerprint density at radius 2 is 1.24 bits per heavy atom. The number of anilines is 2. The molecule has 3 aromatic carbocycles. The summed E-state index contributed by atoms with van der Waals surface area (Å²) in [5.74, 6) is -1.99. The van der Waals surface area contributed by atoms with Crippen LogP contribution in [-0.4, -0.2) is 23.4 Å². The topological polar surface area (TPSA) is 74.8 Å². The van der Waals surface area contributed by atoms with Gasteiger partial charge in [0.05, 0.1) is 11.4 Å². The van der Waals surface area contributed by atoms with E-state index in [1.54, 1.807) is 104 Å². The lowest BCUT2D eigenvalue weighted by Gasteiger charge is -2.24. The van der Waals surface area contributed by atoms with Crippen molar-refractivity contribution >= 4 is 34.8 Å². The van der Waals surface area contributed by atoms with Crippen molar-refractivity contribution < 1.29 is 19.2 Å². The molecule has 0 aliphatic carbocycles. The fourth-order valence-electron chi connectivity index (χ4n) is 4.57. The normalized spacial score (nSPS) is 16.8. The number of ketones is 2. The highest BCUT2D eigenvalue weighted by molar-refractivity contribution is 6.35. The molecule has 6 nitrogen and oxygen atoms in total. The van der Waals surface area contributed by atoms with Gasteiger partial charge in [0.15, 0.2) is 0 Å². The summed E-state index contributed by atoms with van der Waals surface area (Å²) < 4.78 is 0. The molecule has 2 aliphatic heterocycles. The van der Waals surface area contributed by atoms with E-state index in [1.165, 1.54) is 15.9 Å². The fourth-order valence-corrected chi connectivity index (χ4v) is 4.57. The van der Waals surface area contributed by atoms with Crippen molar-refractivity contribution in [3.8, 4) is 0 Å². The minimum absolute atomic E-state index is 0.146. The van der Waals surface area contributed by atoms with E-state index in [2.05, 4.69) is 6.58 Å². The molecule has 0 N–H and O–H groups in total. The van der Waals surface area contributed by atoms with Gasteiger partial charge in [-0.1, -0.05) is 67.3 Å². The van der Waals surface area contributed by atoms with Crippen LogP contribution in [0, 0.1) is 0 Å². The summed E-state index contributed by atoms with van der Waals surface area (Å²) in [4.78, 5) is 57.8. The molecule has 0 atom stereocenters. The van der Waals surface area contributed by atoms with Crippen LogP contribution in [0.2, 0.25) is 0 Å². The van der Waals surface area contributed by atoms with Gasteiger partial charge >= 0.3 is 0 Å².